The van der Waals surface area contributed by atoms with Gasteiger partial charge < -0.3 is 25.0 Å². The number of ether oxygens (including phenoxy) is 2. The van der Waals surface area contributed by atoms with E-state index in [1.807, 2.05) is 0 Å². The van der Waals surface area contributed by atoms with Gasteiger partial charge in [0.05, 0.1) is 30.8 Å². The van der Waals surface area contributed by atoms with Gasteiger partial charge in [0.2, 0.25) is 5.91 Å². The smallest absolute Gasteiger partial charge is 0.376 e. The number of hydrogen-bond donors (Lipinski definition) is 2. The first kappa shape index (κ1) is 19.2. The van der Waals surface area contributed by atoms with Crippen molar-refractivity contribution in [3.8, 4) is 0 Å². The van der Waals surface area contributed by atoms with Crippen molar-refractivity contribution in [1.29, 1.82) is 0 Å². The fraction of sp³-hybridized carbons (Fsp3) is 0.875. The lowest BCUT2D eigenvalue weighted by atomic mass is 9.92. The van der Waals surface area contributed by atoms with Crippen molar-refractivity contribution in [2.45, 2.75) is 69.1 Å². The van der Waals surface area contributed by atoms with Gasteiger partial charge in [0.25, 0.3) is 0 Å². The summed E-state index contributed by atoms with van der Waals surface area (Å²) in [6, 6.07) is -2.43. The van der Waals surface area contributed by atoms with Gasteiger partial charge in [-0.05, 0) is 26.2 Å². The molecule has 3 rings (SSSR count). The molecule has 3 amide bonds. The summed E-state index contributed by atoms with van der Waals surface area (Å²) >= 11 is 0. The van der Waals surface area contributed by atoms with Crippen molar-refractivity contribution in [3.63, 3.8) is 0 Å². The second-order valence-electron chi connectivity index (χ2n) is 7.01. The molecule has 3 unspecified atom stereocenters. The number of rotatable bonds is 2. The number of nitrogens with zero attached hydrogens (tertiary/aromatic N) is 1. The summed E-state index contributed by atoms with van der Waals surface area (Å²) in [7, 11) is 0. The molecule has 3 fully saturated rings. The minimum Gasteiger partial charge on any atom is -0.376 e. The summed E-state index contributed by atoms with van der Waals surface area (Å²) in [5.74, 6) is -0.104. The van der Waals surface area contributed by atoms with E-state index in [2.05, 4.69) is 10.6 Å². The van der Waals surface area contributed by atoms with Crippen LogP contribution >= 0.6 is 0 Å². The molecule has 26 heavy (non-hydrogen) atoms. The second kappa shape index (κ2) is 7.59. The number of carbonyl (C=O) groups excluding carboxylic acids is 2. The number of amides is 3. The van der Waals surface area contributed by atoms with Crippen LogP contribution in [0.15, 0.2) is 0 Å². The Balaban J connectivity index is 1.66. The summed E-state index contributed by atoms with van der Waals surface area (Å²) in [6.07, 6.45) is -4.36. The highest BCUT2D eigenvalue weighted by Gasteiger charge is 2.49. The molecular formula is C16H24F3N3O4. The number of alkyl halides is 3. The average Bonchev–Trinajstić information content (AvgIpc) is 3.09. The highest BCUT2D eigenvalue weighted by molar-refractivity contribution is 5.79. The zero-order valence-electron chi connectivity index (χ0n) is 14.6. The van der Waals surface area contributed by atoms with Crippen LogP contribution in [-0.2, 0) is 14.3 Å². The van der Waals surface area contributed by atoms with E-state index in [9.17, 15) is 22.8 Å². The van der Waals surface area contributed by atoms with Crippen LogP contribution in [0.3, 0.4) is 0 Å². The summed E-state index contributed by atoms with van der Waals surface area (Å²) in [5, 5.41) is 5.67. The molecule has 0 saturated carbocycles. The Morgan fingerprint density at radius 1 is 1.27 bits per heavy atom. The minimum atomic E-state index is -4.53. The van der Waals surface area contributed by atoms with E-state index in [0.29, 0.717) is 13.0 Å². The van der Waals surface area contributed by atoms with Gasteiger partial charge in [-0.2, -0.15) is 13.2 Å². The van der Waals surface area contributed by atoms with Crippen molar-refractivity contribution >= 4 is 11.9 Å². The predicted octanol–water partition coefficient (Wildman–Crippen LogP) is 1.17. The van der Waals surface area contributed by atoms with E-state index in [-0.39, 0.29) is 43.7 Å². The summed E-state index contributed by atoms with van der Waals surface area (Å²) < 4.78 is 49.6. The molecule has 0 aromatic carbocycles. The number of morpholine rings is 1. The third-order valence-corrected chi connectivity index (χ3v) is 5.26. The zero-order valence-corrected chi connectivity index (χ0v) is 14.6. The maximum absolute atomic E-state index is 13.0. The van der Waals surface area contributed by atoms with E-state index in [4.69, 9.17) is 9.47 Å². The van der Waals surface area contributed by atoms with Gasteiger partial charge in [-0.15, -0.1) is 0 Å². The van der Waals surface area contributed by atoms with Crippen LogP contribution in [0.1, 0.15) is 32.6 Å². The lowest BCUT2D eigenvalue weighted by Gasteiger charge is -2.42. The number of nitrogens with one attached hydrogen (secondary N) is 2. The van der Waals surface area contributed by atoms with Crippen LogP contribution in [0.5, 0.6) is 0 Å². The molecular weight excluding hydrogens is 355 g/mol. The first-order valence-electron chi connectivity index (χ1n) is 8.94. The van der Waals surface area contributed by atoms with Gasteiger partial charge >= 0.3 is 12.2 Å². The van der Waals surface area contributed by atoms with Crippen LogP contribution in [0.25, 0.3) is 0 Å². The van der Waals surface area contributed by atoms with Gasteiger partial charge in [0.15, 0.2) is 6.10 Å². The molecule has 10 heteroatoms. The van der Waals surface area contributed by atoms with Crippen LogP contribution in [0.4, 0.5) is 18.0 Å². The molecule has 7 nitrogen and oxygen atoms in total. The summed E-state index contributed by atoms with van der Waals surface area (Å²) in [5.41, 5.74) is 0. The maximum atomic E-state index is 13.0. The molecule has 0 aromatic heterocycles. The second-order valence-corrected chi connectivity index (χ2v) is 7.01. The van der Waals surface area contributed by atoms with Gasteiger partial charge in [0.1, 0.15) is 0 Å². The highest BCUT2D eigenvalue weighted by Crippen LogP contribution is 2.30. The Kier molecular flexibility index (Phi) is 5.61. The Labute approximate surface area is 149 Å². The van der Waals surface area contributed by atoms with E-state index >= 15 is 0 Å². The molecule has 2 N–H and O–H groups in total. The van der Waals surface area contributed by atoms with Crippen molar-refractivity contribution in [2.24, 2.45) is 0 Å². The molecule has 3 aliphatic heterocycles. The van der Waals surface area contributed by atoms with Gasteiger partial charge in [-0.3, -0.25) is 4.79 Å². The van der Waals surface area contributed by atoms with Gasteiger partial charge in [-0.1, -0.05) is 0 Å². The Bertz CT molecular complexity index is 539. The largest absolute Gasteiger partial charge is 0.416 e. The molecule has 3 heterocycles. The summed E-state index contributed by atoms with van der Waals surface area (Å²) in [4.78, 5) is 25.5. The topological polar surface area (TPSA) is 79.9 Å². The molecule has 148 valence electrons. The molecule has 3 saturated heterocycles. The number of halogens is 3. The van der Waals surface area contributed by atoms with Crippen molar-refractivity contribution in [2.75, 3.05) is 19.8 Å². The standard InChI is InChI=1S/C16H24F3N3O4/c1-9-14(16(17,18)19)26-8-6-22(9)15(24)20-10-4-5-12(23)21-13(10)11-3-2-7-25-11/h9-11,13-14H,2-8H2,1H3,(H,20,24)(H,21,23)/t9-,10?,11?,13?,14-/m0/s1. The van der Waals surface area contributed by atoms with E-state index < -0.39 is 24.4 Å². The van der Waals surface area contributed by atoms with Crippen LogP contribution < -0.4 is 10.6 Å². The first-order valence-corrected chi connectivity index (χ1v) is 8.94. The van der Waals surface area contributed by atoms with Crippen molar-refractivity contribution in [1.82, 2.24) is 15.5 Å². The van der Waals surface area contributed by atoms with Crippen molar-refractivity contribution < 1.29 is 32.2 Å². The first-order chi connectivity index (χ1) is 12.3. The normalized spacial score (nSPS) is 35.9. The molecule has 5 atom stereocenters. The third-order valence-electron chi connectivity index (χ3n) is 5.26. The number of carbonyl (C=O) groups is 2. The Morgan fingerprint density at radius 3 is 2.69 bits per heavy atom. The van der Waals surface area contributed by atoms with Crippen LogP contribution in [-0.4, -0.2) is 73.1 Å². The molecule has 3 aliphatic rings. The molecule has 0 radical (unpaired) electrons. The molecule has 0 spiro atoms. The maximum Gasteiger partial charge on any atom is 0.416 e. The average molecular weight is 379 g/mol. The molecule has 0 aromatic rings. The van der Waals surface area contributed by atoms with Crippen molar-refractivity contribution in [3.05, 3.63) is 0 Å². The predicted molar refractivity (Wildman–Crippen MR) is 84.4 cm³/mol. The number of piperidine rings is 1. The lowest BCUT2D eigenvalue weighted by Crippen LogP contribution is -2.64. The Hall–Kier alpha value is -1.55. The van der Waals surface area contributed by atoms with Crippen LogP contribution in [0.2, 0.25) is 0 Å². The summed E-state index contributed by atoms with van der Waals surface area (Å²) in [6.45, 7) is 1.85. The SMILES string of the molecule is C[C@H]1[C@@H](C(F)(F)F)OCCN1C(=O)NC1CCC(=O)NC1C1CCCO1. The molecule has 0 bridgehead atoms. The Morgan fingerprint density at radius 2 is 2.04 bits per heavy atom. The fourth-order valence-corrected chi connectivity index (χ4v) is 3.90. The fourth-order valence-electron chi connectivity index (χ4n) is 3.90. The number of urea groups is 1. The monoisotopic (exact) mass is 379 g/mol. The minimum absolute atomic E-state index is 0.0866. The number of hydrogen-bond acceptors (Lipinski definition) is 4. The lowest BCUT2D eigenvalue weighted by molar-refractivity contribution is -0.246. The van der Waals surface area contributed by atoms with E-state index in [0.717, 1.165) is 17.7 Å². The third kappa shape index (κ3) is 4.06. The van der Waals surface area contributed by atoms with E-state index in [1.54, 1.807) is 0 Å². The zero-order chi connectivity index (χ0) is 18.9. The van der Waals surface area contributed by atoms with E-state index in [1.165, 1.54) is 6.92 Å². The highest BCUT2D eigenvalue weighted by atomic mass is 19.4. The van der Waals surface area contributed by atoms with Gasteiger partial charge in [0, 0.05) is 19.6 Å². The van der Waals surface area contributed by atoms with Gasteiger partial charge in [-0.25, -0.2) is 4.79 Å². The van der Waals surface area contributed by atoms with Crippen LogP contribution in [0, 0.1) is 0 Å². The quantitative estimate of drug-likeness (QED) is 0.755. The molecule has 0 aliphatic carbocycles.